The number of rotatable bonds is 4. The predicted octanol–water partition coefficient (Wildman–Crippen LogP) is 2.87. The van der Waals surface area contributed by atoms with E-state index in [1.807, 2.05) is 12.4 Å². The van der Waals surface area contributed by atoms with Crippen LogP contribution < -0.4 is 0 Å². The minimum atomic E-state index is 0.322. The maximum absolute atomic E-state index is 5.66. The number of hydrogen-bond donors (Lipinski definition) is 1. The molecule has 2 heterocycles. The Hall–Kier alpha value is -1.58. The Labute approximate surface area is 95.1 Å². The van der Waals surface area contributed by atoms with E-state index in [2.05, 4.69) is 35.7 Å². The summed E-state index contributed by atoms with van der Waals surface area (Å²) in [5.74, 6) is 3.38. The van der Waals surface area contributed by atoms with E-state index in [9.17, 15) is 0 Å². The van der Waals surface area contributed by atoms with E-state index in [-0.39, 0.29) is 0 Å². The average Bonchev–Trinajstić information content (AvgIpc) is 2.87. The molecule has 0 amide bonds. The number of imidazole rings is 1. The number of nitrogens with zero attached hydrogens (tertiary/aromatic N) is 2. The van der Waals surface area contributed by atoms with Gasteiger partial charge in [0, 0.05) is 30.7 Å². The second-order valence-electron chi connectivity index (χ2n) is 4.40. The minimum absolute atomic E-state index is 0.322. The second-order valence-corrected chi connectivity index (χ2v) is 4.40. The van der Waals surface area contributed by atoms with Crippen molar-refractivity contribution in [1.82, 2.24) is 15.0 Å². The second kappa shape index (κ2) is 4.51. The molecule has 0 saturated carbocycles. The van der Waals surface area contributed by atoms with Gasteiger partial charge >= 0.3 is 0 Å². The zero-order valence-corrected chi connectivity index (χ0v) is 9.90. The third-order valence-electron chi connectivity index (χ3n) is 2.56. The summed E-state index contributed by atoms with van der Waals surface area (Å²) in [5, 5.41) is 0. The summed E-state index contributed by atoms with van der Waals surface area (Å²) in [6, 6.07) is 0. The van der Waals surface area contributed by atoms with Gasteiger partial charge in [-0.1, -0.05) is 20.8 Å². The number of hydrogen-bond acceptors (Lipinski definition) is 3. The van der Waals surface area contributed by atoms with Crippen molar-refractivity contribution < 1.29 is 4.42 Å². The molecule has 1 N–H and O–H groups in total. The van der Waals surface area contributed by atoms with E-state index in [0.29, 0.717) is 11.8 Å². The summed E-state index contributed by atoms with van der Waals surface area (Å²) in [7, 11) is 0. The summed E-state index contributed by atoms with van der Waals surface area (Å²) < 4.78 is 5.66. The van der Waals surface area contributed by atoms with Crippen molar-refractivity contribution in [3.63, 3.8) is 0 Å². The maximum Gasteiger partial charge on any atom is 0.196 e. The molecule has 0 aromatic carbocycles. The Kier molecular flexibility index (Phi) is 3.08. The molecule has 4 nitrogen and oxygen atoms in total. The standard InChI is InChI=1S/C12H17N3O/c1-8(2)12-15-7-10(16-12)6-9(3)11-13-4-5-14-11/h4-5,7-9H,6H2,1-3H3,(H,13,14). The van der Waals surface area contributed by atoms with Gasteiger partial charge in [0.2, 0.25) is 0 Å². The van der Waals surface area contributed by atoms with Gasteiger partial charge in [0.1, 0.15) is 11.6 Å². The molecule has 2 rings (SSSR count). The number of nitrogens with one attached hydrogen (secondary N) is 1. The minimum Gasteiger partial charge on any atom is -0.445 e. The smallest absolute Gasteiger partial charge is 0.196 e. The molecule has 0 aliphatic heterocycles. The van der Waals surface area contributed by atoms with E-state index in [0.717, 1.165) is 23.9 Å². The molecule has 0 spiro atoms. The fourth-order valence-corrected chi connectivity index (χ4v) is 1.63. The SMILES string of the molecule is CC(C)c1ncc(CC(C)c2ncc[nH]2)o1. The lowest BCUT2D eigenvalue weighted by Gasteiger charge is -2.05. The van der Waals surface area contributed by atoms with Crippen molar-refractivity contribution in [2.45, 2.75) is 39.0 Å². The van der Waals surface area contributed by atoms with Crippen LogP contribution >= 0.6 is 0 Å². The van der Waals surface area contributed by atoms with Gasteiger partial charge in [0.15, 0.2) is 5.89 Å². The third kappa shape index (κ3) is 2.32. The summed E-state index contributed by atoms with van der Waals surface area (Å²) in [6.45, 7) is 6.27. The van der Waals surface area contributed by atoms with Crippen LogP contribution in [0.4, 0.5) is 0 Å². The molecule has 0 aliphatic rings. The average molecular weight is 219 g/mol. The molecule has 0 fully saturated rings. The first kappa shape index (κ1) is 10.9. The highest BCUT2D eigenvalue weighted by molar-refractivity contribution is 5.04. The maximum atomic E-state index is 5.66. The molecule has 0 aliphatic carbocycles. The lowest BCUT2D eigenvalue weighted by molar-refractivity contribution is 0.426. The predicted molar refractivity (Wildman–Crippen MR) is 61.3 cm³/mol. The van der Waals surface area contributed by atoms with E-state index in [1.54, 1.807) is 6.20 Å². The van der Waals surface area contributed by atoms with Gasteiger partial charge in [-0.2, -0.15) is 0 Å². The van der Waals surface area contributed by atoms with Gasteiger partial charge in [-0.05, 0) is 0 Å². The molecule has 0 saturated heterocycles. The van der Waals surface area contributed by atoms with Crippen molar-refractivity contribution in [1.29, 1.82) is 0 Å². The molecule has 0 radical (unpaired) electrons. The van der Waals surface area contributed by atoms with Gasteiger partial charge in [-0.25, -0.2) is 9.97 Å². The van der Waals surface area contributed by atoms with Crippen LogP contribution in [0.1, 0.15) is 50.1 Å². The highest BCUT2D eigenvalue weighted by Crippen LogP contribution is 2.20. The van der Waals surface area contributed by atoms with E-state index >= 15 is 0 Å². The lowest BCUT2D eigenvalue weighted by atomic mass is 10.1. The number of oxazole rings is 1. The van der Waals surface area contributed by atoms with Crippen LogP contribution in [-0.4, -0.2) is 15.0 Å². The molecular weight excluding hydrogens is 202 g/mol. The normalized spacial score (nSPS) is 13.2. The van der Waals surface area contributed by atoms with Crippen LogP contribution in [0.25, 0.3) is 0 Å². The Balaban J connectivity index is 2.03. The number of aromatic nitrogens is 3. The Morgan fingerprint density at radius 1 is 1.31 bits per heavy atom. The molecular formula is C12H17N3O. The fourth-order valence-electron chi connectivity index (χ4n) is 1.63. The van der Waals surface area contributed by atoms with Crippen molar-refractivity contribution in [3.8, 4) is 0 Å². The molecule has 86 valence electrons. The molecule has 2 aromatic rings. The summed E-state index contributed by atoms with van der Waals surface area (Å²) in [6.07, 6.45) is 6.25. The highest BCUT2D eigenvalue weighted by Gasteiger charge is 2.13. The zero-order valence-electron chi connectivity index (χ0n) is 9.90. The monoisotopic (exact) mass is 219 g/mol. The van der Waals surface area contributed by atoms with Crippen LogP contribution in [-0.2, 0) is 6.42 Å². The zero-order chi connectivity index (χ0) is 11.5. The Bertz CT molecular complexity index is 431. The van der Waals surface area contributed by atoms with Gasteiger partial charge in [-0.15, -0.1) is 0 Å². The van der Waals surface area contributed by atoms with Crippen molar-refractivity contribution in [2.75, 3.05) is 0 Å². The van der Waals surface area contributed by atoms with Crippen molar-refractivity contribution >= 4 is 0 Å². The van der Waals surface area contributed by atoms with Gasteiger partial charge in [0.25, 0.3) is 0 Å². The van der Waals surface area contributed by atoms with Crippen molar-refractivity contribution in [3.05, 3.63) is 36.1 Å². The summed E-state index contributed by atoms with van der Waals surface area (Å²) in [4.78, 5) is 11.6. The third-order valence-corrected chi connectivity index (χ3v) is 2.56. The van der Waals surface area contributed by atoms with Crippen LogP contribution in [0.15, 0.2) is 23.0 Å². The first-order chi connectivity index (χ1) is 7.66. The van der Waals surface area contributed by atoms with Crippen LogP contribution in [0.5, 0.6) is 0 Å². The number of H-pyrrole nitrogens is 1. The summed E-state index contributed by atoms with van der Waals surface area (Å²) >= 11 is 0. The van der Waals surface area contributed by atoms with E-state index < -0.39 is 0 Å². The van der Waals surface area contributed by atoms with Gasteiger partial charge in [-0.3, -0.25) is 0 Å². The number of aromatic amines is 1. The molecule has 0 bridgehead atoms. The fraction of sp³-hybridized carbons (Fsp3) is 0.500. The molecule has 16 heavy (non-hydrogen) atoms. The van der Waals surface area contributed by atoms with E-state index in [1.165, 1.54) is 0 Å². The van der Waals surface area contributed by atoms with E-state index in [4.69, 9.17) is 4.42 Å². The van der Waals surface area contributed by atoms with Crippen LogP contribution in [0, 0.1) is 0 Å². The quantitative estimate of drug-likeness (QED) is 0.860. The van der Waals surface area contributed by atoms with Crippen LogP contribution in [0.3, 0.4) is 0 Å². The lowest BCUT2D eigenvalue weighted by Crippen LogP contribution is -1.99. The Morgan fingerprint density at radius 2 is 2.12 bits per heavy atom. The largest absolute Gasteiger partial charge is 0.445 e. The topological polar surface area (TPSA) is 54.7 Å². The Morgan fingerprint density at radius 3 is 2.69 bits per heavy atom. The molecule has 4 heteroatoms. The molecule has 2 aromatic heterocycles. The van der Waals surface area contributed by atoms with Gasteiger partial charge in [0.05, 0.1) is 6.20 Å². The first-order valence-electron chi connectivity index (χ1n) is 5.60. The summed E-state index contributed by atoms with van der Waals surface area (Å²) in [5.41, 5.74) is 0. The van der Waals surface area contributed by atoms with Crippen molar-refractivity contribution in [2.24, 2.45) is 0 Å². The van der Waals surface area contributed by atoms with Crippen LogP contribution in [0.2, 0.25) is 0 Å². The first-order valence-corrected chi connectivity index (χ1v) is 5.60. The molecule has 1 unspecified atom stereocenters. The highest BCUT2D eigenvalue weighted by atomic mass is 16.4. The molecule has 1 atom stereocenters. The van der Waals surface area contributed by atoms with Gasteiger partial charge < -0.3 is 9.40 Å².